The van der Waals surface area contributed by atoms with Crippen molar-refractivity contribution in [2.75, 3.05) is 20.2 Å². The molecule has 19 heavy (non-hydrogen) atoms. The van der Waals surface area contributed by atoms with Crippen LogP contribution in [0.3, 0.4) is 0 Å². The molecule has 100 valence electrons. The SMILES string of the molecule is COc1cccc(-n2nnc(CC3CCNC3)n2)c1. The summed E-state index contributed by atoms with van der Waals surface area (Å²) in [6, 6.07) is 7.64. The Hall–Kier alpha value is -1.95. The quantitative estimate of drug-likeness (QED) is 0.880. The van der Waals surface area contributed by atoms with Gasteiger partial charge >= 0.3 is 0 Å². The number of hydrogen-bond donors (Lipinski definition) is 1. The Balaban J connectivity index is 1.76. The highest BCUT2D eigenvalue weighted by Gasteiger charge is 2.17. The first-order chi connectivity index (χ1) is 9.35. The van der Waals surface area contributed by atoms with E-state index in [9.17, 15) is 0 Å². The molecule has 1 N–H and O–H groups in total. The van der Waals surface area contributed by atoms with Crippen LogP contribution in [-0.2, 0) is 6.42 Å². The van der Waals surface area contributed by atoms with E-state index >= 15 is 0 Å². The molecule has 1 aromatic carbocycles. The number of nitrogens with zero attached hydrogens (tertiary/aromatic N) is 4. The highest BCUT2D eigenvalue weighted by atomic mass is 16.5. The summed E-state index contributed by atoms with van der Waals surface area (Å²) < 4.78 is 5.19. The fraction of sp³-hybridized carbons (Fsp3) is 0.462. The van der Waals surface area contributed by atoms with Gasteiger partial charge in [0.05, 0.1) is 12.8 Å². The Morgan fingerprint density at radius 3 is 3.21 bits per heavy atom. The maximum absolute atomic E-state index is 5.19. The summed E-state index contributed by atoms with van der Waals surface area (Å²) in [4.78, 5) is 1.56. The number of aromatic nitrogens is 4. The first-order valence-corrected chi connectivity index (χ1v) is 6.49. The van der Waals surface area contributed by atoms with E-state index in [2.05, 4.69) is 20.7 Å². The summed E-state index contributed by atoms with van der Waals surface area (Å²) in [5.41, 5.74) is 0.864. The molecule has 6 nitrogen and oxygen atoms in total. The summed E-state index contributed by atoms with van der Waals surface area (Å²) in [6.07, 6.45) is 2.07. The van der Waals surface area contributed by atoms with E-state index in [-0.39, 0.29) is 0 Å². The van der Waals surface area contributed by atoms with Crippen LogP contribution >= 0.6 is 0 Å². The number of hydrogen-bond acceptors (Lipinski definition) is 5. The molecule has 1 unspecified atom stereocenters. The molecule has 1 saturated heterocycles. The van der Waals surface area contributed by atoms with Crippen LogP contribution in [-0.4, -0.2) is 40.4 Å². The fourth-order valence-corrected chi connectivity index (χ4v) is 2.32. The minimum absolute atomic E-state index is 0.628. The largest absolute Gasteiger partial charge is 0.497 e. The maximum Gasteiger partial charge on any atom is 0.175 e. The lowest BCUT2D eigenvalue weighted by molar-refractivity contribution is 0.414. The van der Waals surface area contributed by atoms with Crippen LogP contribution in [0.4, 0.5) is 0 Å². The number of ether oxygens (including phenoxy) is 1. The van der Waals surface area contributed by atoms with E-state index in [0.717, 1.165) is 36.8 Å². The van der Waals surface area contributed by atoms with Crippen LogP contribution in [0.2, 0.25) is 0 Å². The van der Waals surface area contributed by atoms with Crippen molar-refractivity contribution in [1.82, 2.24) is 25.5 Å². The van der Waals surface area contributed by atoms with Crippen LogP contribution in [0.25, 0.3) is 5.69 Å². The lowest BCUT2D eigenvalue weighted by Crippen LogP contribution is -2.11. The molecule has 0 spiro atoms. The minimum atomic E-state index is 0.628. The molecule has 1 aliphatic heterocycles. The summed E-state index contributed by atoms with van der Waals surface area (Å²) in [6.45, 7) is 2.14. The van der Waals surface area contributed by atoms with Gasteiger partial charge in [-0.05, 0) is 42.8 Å². The van der Waals surface area contributed by atoms with E-state index in [1.807, 2.05) is 24.3 Å². The zero-order valence-corrected chi connectivity index (χ0v) is 10.9. The lowest BCUT2D eigenvalue weighted by Gasteiger charge is -2.03. The molecule has 0 radical (unpaired) electrons. The Morgan fingerprint density at radius 1 is 1.47 bits per heavy atom. The second kappa shape index (κ2) is 5.36. The summed E-state index contributed by atoms with van der Waals surface area (Å²) in [7, 11) is 1.65. The Labute approximate surface area is 111 Å². The molecule has 0 aliphatic carbocycles. The van der Waals surface area contributed by atoms with Crippen molar-refractivity contribution in [3.63, 3.8) is 0 Å². The zero-order valence-electron chi connectivity index (χ0n) is 10.9. The molecule has 1 aromatic heterocycles. The van der Waals surface area contributed by atoms with Gasteiger partial charge in [0, 0.05) is 12.5 Å². The monoisotopic (exact) mass is 259 g/mol. The van der Waals surface area contributed by atoms with Crippen LogP contribution in [0.15, 0.2) is 24.3 Å². The lowest BCUT2D eigenvalue weighted by atomic mass is 10.1. The average molecular weight is 259 g/mol. The third-order valence-electron chi connectivity index (χ3n) is 3.37. The van der Waals surface area contributed by atoms with E-state index in [1.165, 1.54) is 6.42 Å². The Bertz CT molecular complexity index is 547. The molecule has 2 aromatic rings. The average Bonchev–Trinajstić information content (AvgIpc) is 3.11. The normalized spacial score (nSPS) is 18.7. The third kappa shape index (κ3) is 2.73. The molecular weight excluding hydrogens is 242 g/mol. The topological polar surface area (TPSA) is 64.9 Å². The smallest absolute Gasteiger partial charge is 0.175 e. The van der Waals surface area contributed by atoms with Gasteiger partial charge in [0.25, 0.3) is 0 Å². The van der Waals surface area contributed by atoms with Crippen LogP contribution in [0, 0.1) is 5.92 Å². The van der Waals surface area contributed by atoms with Crippen molar-refractivity contribution >= 4 is 0 Å². The van der Waals surface area contributed by atoms with Crippen molar-refractivity contribution in [1.29, 1.82) is 0 Å². The van der Waals surface area contributed by atoms with Gasteiger partial charge in [-0.15, -0.1) is 15.0 Å². The number of methoxy groups -OCH3 is 1. The number of rotatable bonds is 4. The Kier molecular flexibility index (Phi) is 3.41. The molecule has 6 heteroatoms. The van der Waals surface area contributed by atoms with E-state index in [4.69, 9.17) is 4.74 Å². The molecule has 0 amide bonds. The first-order valence-electron chi connectivity index (χ1n) is 6.49. The highest BCUT2D eigenvalue weighted by molar-refractivity contribution is 5.37. The molecule has 1 fully saturated rings. The van der Waals surface area contributed by atoms with Gasteiger partial charge in [-0.25, -0.2) is 0 Å². The number of benzene rings is 1. The maximum atomic E-state index is 5.19. The second-order valence-corrected chi connectivity index (χ2v) is 4.76. The van der Waals surface area contributed by atoms with Gasteiger partial charge in [0.1, 0.15) is 5.75 Å². The van der Waals surface area contributed by atoms with E-state index in [1.54, 1.807) is 11.9 Å². The molecule has 2 heterocycles. The van der Waals surface area contributed by atoms with Gasteiger partial charge in [0.15, 0.2) is 5.82 Å². The van der Waals surface area contributed by atoms with Crippen molar-refractivity contribution in [3.8, 4) is 11.4 Å². The predicted octanol–water partition coefficient (Wildman–Crippen LogP) is 0.823. The molecule has 1 aliphatic rings. The summed E-state index contributed by atoms with van der Waals surface area (Å²) >= 11 is 0. The van der Waals surface area contributed by atoms with Crippen molar-refractivity contribution < 1.29 is 4.74 Å². The van der Waals surface area contributed by atoms with Crippen molar-refractivity contribution in [2.24, 2.45) is 5.92 Å². The van der Waals surface area contributed by atoms with Gasteiger partial charge in [-0.2, -0.15) is 0 Å². The van der Waals surface area contributed by atoms with Crippen molar-refractivity contribution in [3.05, 3.63) is 30.1 Å². The van der Waals surface area contributed by atoms with Gasteiger partial charge in [0.2, 0.25) is 0 Å². The first kappa shape index (κ1) is 12.1. The summed E-state index contributed by atoms with van der Waals surface area (Å²) in [5.74, 6) is 2.22. The molecule has 1 atom stereocenters. The minimum Gasteiger partial charge on any atom is -0.497 e. The molecule has 3 rings (SSSR count). The van der Waals surface area contributed by atoms with Crippen molar-refractivity contribution in [2.45, 2.75) is 12.8 Å². The fourth-order valence-electron chi connectivity index (χ4n) is 2.32. The van der Waals surface area contributed by atoms with Crippen LogP contribution in [0.1, 0.15) is 12.2 Å². The van der Waals surface area contributed by atoms with Gasteiger partial charge in [-0.3, -0.25) is 0 Å². The van der Waals surface area contributed by atoms with Gasteiger partial charge in [-0.1, -0.05) is 6.07 Å². The standard InChI is InChI=1S/C13H17N5O/c1-19-12-4-2-3-11(8-12)18-16-13(15-17-18)7-10-5-6-14-9-10/h2-4,8,10,14H,5-7,9H2,1H3. The van der Waals surface area contributed by atoms with E-state index in [0.29, 0.717) is 5.92 Å². The van der Waals surface area contributed by atoms with E-state index < -0.39 is 0 Å². The zero-order chi connectivity index (χ0) is 13.1. The molecular formula is C13H17N5O. The molecule has 0 bridgehead atoms. The molecule has 0 saturated carbocycles. The predicted molar refractivity (Wildman–Crippen MR) is 70.4 cm³/mol. The Morgan fingerprint density at radius 2 is 2.42 bits per heavy atom. The van der Waals surface area contributed by atoms with Gasteiger partial charge < -0.3 is 10.1 Å². The summed E-state index contributed by atoms with van der Waals surface area (Å²) in [5, 5.41) is 16.0. The highest BCUT2D eigenvalue weighted by Crippen LogP contribution is 2.16. The second-order valence-electron chi connectivity index (χ2n) is 4.76. The van der Waals surface area contributed by atoms with Crippen LogP contribution in [0.5, 0.6) is 5.75 Å². The third-order valence-corrected chi connectivity index (χ3v) is 3.37. The van der Waals surface area contributed by atoms with Crippen LogP contribution < -0.4 is 10.1 Å². The number of tetrazole rings is 1. The number of nitrogens with one attached hydrogen (secondary N) is 1.